The maximum absolute atomic E-state index is 5.61. The number of aromatic nitrogens is 1. The zero-order chi connectivity index (χ0) is 15.6. The molecule has 0 amide bonds. The van der Waals surface area contributed by atoms with E-state index in [0.717, 1.165) is 17.0 Å². The van der Waals surface area contributed by atoms with Gasteiger partial charge in [0.05, 0.1) is 12.7 Å². The summed E-state index contributed by atoms with van der Waals surface area (Å²) in [6.45, 7) is 1.30. The molecule has 0 spiro atoms. The van der Waals surface area contributed by atoms with Gasteiger partial charge in [-0.15, -0.1) is 0 Å². The topological polar surface area (TPSA) is 58.5 Å². The number of pyridine rings is 1. The second kappa shape index (κ2) is 9.56. The number of rotatable bonds is 6. The van der Waals surface area contributed by atoms with Crippen molar-refractivity contribution in [2.75, 3.05) is 26.5 Å². The lowest BCUT2D eigenvalue weighted by Gasteiger charge is -2.29. The third-order valence-corrected chi connectivity index (χ3v) is 4.92. The number of hydrogen-bond donors (Lipinski definition) is 2. The summed E-state index contributed by atoms with van der Waals surface area (Å²) in [4.78, 5) is 8.32. The summed E-state index contributed by atoms with van der Waals surface area (Å²) in [5.41, 5.74) is 0. The second-order valence-electron chi connectivity index (χ2n) is 5.40. The van der Waals surface area contributed by atoms with Crippen LogP contribution < -0.4 is 15.4 Å². The Morgan fingerprint density at radius 2 is 2.41 bits per heavy atom. The minimum Gasteiger partial charge on any atom is -0.490 e. The van der Waals surface area contributed by atoms with Crippen molar-refractivity contribution >= 4 is 17.7 Å². The highest BCUT2D eigenvalue weighted by Crippen LogP contribution is 2.26. The van der Waals surface area contributed by atoms with Gasteiger partial charge < -0.3 is 15.4 Å². The smallest absolute Gasteiger partial charge is 0.191 e. The first-order valence-corrected chi connectivity index (χ1v) is 9.13. The Labute approximate surface area is 137 Å². The molecule has 5 nitrogen and oxygen atoms in total. The molecule has 0 saturated heterocycles. The standard InChI is InChI=1S/C16H26N4OS/c1-17-16(20-13-5-3-7-15(11-13)22-2)19-9-10-21-14-6-4-8-18-12-14/h4,6,8,12-13,15H,3,5,7,9-11H2,1-2H3,(H2,17,19,20). The molecule has 1 fully saturated rings. The Kier molecular flexibility index (Phi) is 7.36. The van der Waals surface area contributed by atoms with Crippen LogP contribution in [-0.2, 0) is 0 Å². The molecule has 0 aliphatic heterocycles. The fraction of sp³-hybridized carbons (Fsp3) is 0.625. The van der Waals surface area contributed by atoms with Crippen LogP contribution in [0, 0.1) is 0 Å². The molecule has 0 bridgehead atoms. The van der Waals surface area contributed by atoms with Gasteiger partial charge >= 0.3 is 0 Å². The van der Waals surface area contributed by atoms with E-state index in [-0.39, 0.29) is 0 Å². The van der Waals surface area contributed by atoms with E-state index < -0.39 is 0 Å². The van der Waals surface area contributed by atoms with Crippen molar-refractivity contribution in [2.24, 2.45) is 4.99 Å². The third kappa shape index (κ3) is 5.75. The maximum atomic E-state index is 5.61. The van der Waals surface area contributed by atoms with Crippen LogP contribution in [0.4, 0.5) is 0 Å². The van der Waals surface area contributed by atoms with E-state index in [4.69, 9.17) is 4.74 Å². The maximum Gasteiger partial charge on any atom is 0.191 e. The molecule has 1 aromatic heterocycles. The quantitative estimate of drug-likeness (QED) is 0.478. The van der Waals surface area contributed by atoms with Gasteiger partial charge in [-0.05, 0) is 37.7 Å². The molecular formula is C16H26N4OS. The number of guanidine groups is 1. The van der Waals surface area contributed by atoms with Gasteiger partial charge in [-0.25, -0.2) is 0 Å². The molecule has 22 heavy (non-hydrogen) atoms. The summed E-state index contributed by atoms with van der Waals surface area (Å²) < 4.78 is 5.61. The highest BCUT2D eigenvalue weighted by molar-refractivity contribution is 7.99. The zero-order valence-electron chi connectivity index (χ0n) is 13.4. The number of nitrogens with one attached hydrogen (secondary N) is 2. The van der Waals surface area contributed by atoms with Crippen LogP contribution in [0.15, 0.2) is 29.5 Å². The summed E-state index contributed by atoms with van der Waals surface area (Å²) >= 11 is 1.98. The molecule has 2 unspecified atom stereocenters. The van der Waals surface area contributed by atoms with Gasteiger partial charge in [0.1, 0.15) is 12.4 Å². The molecule has 0 radical (unpaired) electrons. The van der Waals surface area contributed by atoms with Crippen molar-refractivity contribution < 1.29 is 4.74 Å². The van der Waals surface area contributed by atoms with Crippen molar-refractivity contribution in [1.82, 2.24) is 15.6 Å². The highest BCUT2D eigenvalue weighted by atomic mass is 32.2. The molecular weight excluding hydrogens is 296 g/mol. The summed E-state index contributed by atoms with van der Waals surface area (Å²) in [6.07, 6.45) is 10.7. The first-order valence-electron chi connectivity index (χ1n) is 7.84. The van der Waals surface area contributed by atoms with Crippen LogP contribution >= 0.6 is 11.8 Å². The lowest BCUT2D eigenvalue weighted by Crippen LogP contribution is -2.46. The predicted molar refractivity (Wildman–Crippen MR) is 93.8 cm³/mol. The van der Waals surface area contributed by atoms with Crippen molar-refractivity contribution in [1.29, 1.82) is 0 Å². The average molecular weight is 322 g/mol. The largest absolute Gasteiger partial charge is 0.490 e. The van der Waals surface area contributed by atoms with Crippen molar-refractivity contribution in [3.8, 4) is 5.75 Å². The van der Waals surface area contributed by atoms with E-state index in [1.54, 1.807) is 12.4 Å². The SMILES string of the molecule is CN=C(NCCOc1cccnc1)NC1CCCC(SC)C1. The third-order valence-electron chi connectivity index (χ3n) is 3.82. The van der Waals surface area contributed by atoms with Crippen LogP contribution in [-0.4, -0.2) is 48.7 Å². The van der Waals surface area contributed by atoms with Gasteiger partial charge in [0.2, 0.25) is 0 Å². The van der Waals surface area contributed by atoms with E-state index in [1.807, 2.05) is 30.9 Å². The summed E-state index contributed by atoms with van der Waals surface area (Å²) in [7, 11) is 1.81. The summed E-state index contributed by atoms with van der Waals surface area (Å²) in [5.74, 6) is 1.66. The first kappa shape index (κ1) is 16.9. The van der Waals surface area contributed by atoms with Gasteiger partial charge in [0, 0.05) is 24.5 Å². The minimum absolute atomic E-state index is 0.525. The van der Waals surface area contributed by atoms with Crippen LogP contribution in [0.3, 0.4) is 0 Å². The number of thioether (sulfide) groups is 1. The molecule has 122 valence electrons. The van der Waals surface area contributed by atoms with E-state index in [0.29, 0.717) is 19.2 Å². The molecule has 1 saturated carbocycles. The Hall–Kier alpha value is -1.43. The van der Waals surface area contributed by atoms with E-state index in [1.165, 1.54) is 25.7 Å². The molecule has 2 rings (SSSR count). The van der Waals surface area contributed by atoms with Crippen LogP contribution in [0.1, 0.15) is 25.7 Å². The molecule has 0 aromatic carbocycles. The molecule has 1 aliphatic carbocycles. The highest BCUT2D eigenvalue weighted by Gasteiger charge is 2.21. The first-order chi connectivity index (χ1) is 10.8. The minimum atomic E-state index is 0.525. The van der Waals surface area contributed by atoms with Gasteiger partial charge in [0.15, 0.2) is 5.96 Å². The summed E-state index contributed by atoms with van der Waals surface area (Å²) in [5, 5.41) is 7.61. The van der Waals surface area contributed by atoms with Gasteiger partial charge in [-0.1, -0.05) is 6.42 Å². The van der Waals surface area contributed by atoms with E-state index in [2.05, 4.69) is 26.9 Å². The molecule has 1 aromatic rings. The van der Waals surface area contributed by atoms with Crippen molar-refractivity contribution in [3.63, 3.8) is 0 Å². The number of hydrogen-bond acceptors (Lipinski definition) is 4. The van der Waals surface area contributed by atoms with E-state index in [9.17, 15) is 0 Å². The van der Waals surface area contributed by atoms with Gasteiger partial charge in [0.25, 0.3) is 0 Å². The Balaban J connectivity index is 1.67. The normalized spacial score (nSPS) is 22.2. The Morgan fingerprint density at radius 3 is 3.14 bits per heavy atom. The molecule has 1 heterocycles. The Bertz CT molecular complexity index is 455. The zero-order valence-corrected chi connectivity index (χ0v) is 14.2. The molecule has 6 heteroatoms. The number of nitrogens with zero attached hydrogens (tertiary/aromatic N) is 2. The van der Waals surface area contributed by atoms with Gasteiger partial charge in [-0.2, -0.15) is 11.8 Å². The summed E-state index contributed by atoms with van der Waals surface area (Å²) in [6, 6.07) is 4.30. The van der Waals surface area contributed by atoms with Gasteiger partial charge in [-0.3, -0.25) is 9.98 Å². The number of aliphatic imine (C=N–C) groups is 1. The van der Waals surface area contributed by atoms with Crippen LogP contribution in [0.5, 0.6) is 5.75 Å². The molecule has 1 aliphatic rings. The number of ether oxygens (including phenoxy) is 1. The second-order valence-corrected chi connectivity index (χ2v) is 6.54. The predicted octanol–water partition coefficient (Wildman–Crippen LogP) is 2.30. The fourth-order valence-corrected chi connectivity index (χ4v) is 3.48. The lowest BCUT2D eigenvalue weighted by atomic mass is 9.95. The Morgan fingerprint density at radius 1 is 1.50 bits per heavy atom. The van der Waals surface area contributed by atoms with Crippen molar-refractivity contribution in [2.45, 2.75) is 37.0 Å². The van der Waals surface area contributed by atoms with Crippen LogP contribution in [0.2, 0.25) is 0 Å². The van der Waals surface area contributed by atoms with Crippen molar-refractivity contribution in [3.05, 3.63) is 24.5 Å². The molecule has 2 atom stereocenters. The van der Waals surface area contributed by atoms with Crippen LogP contribution in [0.25, 0.3) is 0 Å². The fourth-order valence-electron chi connectivity index (χ4n) is 2.65. The van der Waals surface area contributed by atoms with E-state index >= 15 is 0 Å². The monoisotopic (exact) mass is 322 g/mol. The average Bonchev–Trinajstić information content (AvgIpc) is 2.58. The lowest BCUT2D eigenvalue weighted by molar-refractivity contribution is 0.320. The molecule has 2 N–H and O–H groups in total.